The molecule has 0 aliphatic heterocycles. The molecule has 0 amide bonds. The summed E-state index contributed by atoms with van der Waals surface area (Å²) in [5.74, 6) is -0.240. The normalized spacial score (nSPS) is 12.8. The molecule has 1 unspecified atom stereocenters. The van der Waals surface area contributed by atoms with E-state index in [1.54, 1.807) is 6.92 Å². The number of rotatable bonds is 2. The molecule has 17 heavy (non-hydrogen) atoms. The largest absolute Gasteiger partial charge is 0.321 e. The van der Waals surface area contributed by atoms with Crippen LogP contribution in [0.5, 0.6) is 0 Å². The molecule has 0 aliphatic rings. The van der Waals surface area contributed by atoms with Gasteiger partial charge in [0.05, 0.1) is 21.8 Å². The Labute approximate surface area is 106 Å². The second-order valence-corrected chi connectivity index (χ2v) is 4.28. The minimum Gasteiger partial charge on any atom is -0.321 e. The van der Waals surface area contributed by atoms with Crippen molar-refractivity contribution in [2.45, 2.75) is 13.0 Å². The fourth-order valence-electron chi connectivity index (χ4n) is 1.33. The van der Waals surface area contributed by atoms with Gasteiger partial charge in [-0.05, 0) is 29.5 Å². The van der Waals surface area contributed by atoms with E-state index in [9.17, 15) is 4.39 Å². The lowest BCUT2D eigenvalue weighted by Crippen LogP contribution is -2.13. The maximum atomic E-state index is 13.3. The van der Waals surface area contributed by atoms with Gasteiger partial charge in [-0.1, -0.05) is 23.2 Å². The van der Waals surface area contributed by atoms with Gasteiger partial charge in [-0.15, -0.1) is 5.10 Å². The minimum atomic E-state index is -0.674. The monoisotopic (exact) mass is 275 g/mol. The van der Waals surface area contributed by atoms with Crippen molar-refractivity contribution in [3.63, 3.8) is 0 Å². The predicted octanol–water partition coefficient (Wildman–Crippen LogP) is 2.13. The second kappa shape index (κ2) is 4.56. The first-order valence-electron chi connectivity index (χ1n) is 4.69. The van der Waals surface area contributed by atoms with Gasteiger partial charge in [0.1, 0.15) is 0 Å². The van der Waals surface area contributed by atoms with E-state index < -0.39 is 5.82 Å². The van der Waals surface area contributed by atoms with Crippen LogP contribution in [0.4, 0.5) is 4.39 Å². The van der Waals surface area contributed by atoms with Gasteiger partial charge in [-0.25, -0.2) is 4.39 Å². The van der Waals surface area contributed by atoms with Crippen molar-refractivity contribution in [3.8, 4) is 5.69 Å². The molecule has 1 aromatic heterocycles. The van der Waals surface area contributed by atoms with Crippen LogP contribution in [0.15, 0.2) is 12.1 Å². The molecule has 0 fully saturated rings. The Hall–Kier alpha value is -1.24. The first-order valence-corrected chi connectivity index (χ1v) is 5.45. The van der Waals surface area contributed by atoms with Gasteiger partial charge in [0, 0.05) is 0 Å². The third-order valence-corrected chi connectivity index (χ3v) is 2.66. The van der Waals surface area contributed by atoms with E-state index >= 15 is 0 Å². The molecule has 0 spiro atoms. The molecule has 5 nitrogen and oxygen atoms in total. The van der Waals surface area contributed by atoms with Crippen molar-refractivity contribution >= 4 is 23.2 Å². The SMILES string of the molecule is CC(N)c1nnnn1-c1cc(Cl)c(F)c(Cl)c1. The Morgan fingerprint density at radius 1 is 1.35 bits per heavy atom. The zero-order chi connectivity index (χ0) is 12.6. The number of nitrogens with zero attached hydrogens (tertiary/aromatic N) is 4. The molecule has 0 bridgehead atoms. The lowest BCUT2D eigenvalue weighted by atomic mass is 10.3. The molecule has 0 radical (unpaired) electrons. The van der Waals surface area contributed by atoms with E-state index in [1.165, 1.54) is 16.8 Å². The Bertz CT molecular complexity index is 531. The number of benzene rings is 1. The summed E-state index contributed by atoms with van der Waals surface area (Å²) < 4.78 is 14.6. The number of hydrogen-bond acceptors (Lipinski definition) is 4. The summed E-state index contributed by atoms with van der Waals surface area (Å²) in [5, 5.41) is 10.8. The van der Waals surface area contributed by atoms with Crippen LogP contribution in [0.1, 0.15) is 18.8 Å². The van der Waals surface area contributed by atoms with Gasteiger partial charge in [-0.3, -0.25) is 0 Å². The zero-order valence-corrected chi connectivity index (χ0v) is 10.2. The highest BCUT2D eigenvalue weighted by Crippen LogP contribution is 2.27. The highest BCUT2D eigenvalue weighted by Gasteiger charge is 2.15. The van der Waals surface area contributed by atoms with E-state index in [0.717, 1.165) is 0 Å². The predicted molar refractivity (Wildman–Crippen MR) is 61.7 cm³/mol. The van der Waals surface area contributed by atoms with E-state index in [4.69, 9.17) is 28.9 Å². The van der Waals surface area contributed by atoms with Crippen molar-refractivity contribution < 1.29 is 4.39 Å². The third-order valence-electron chi connectivity index (χ3n) is 2.11. The first kappa shape index (κ1) is 12.2. The smallest absolute Gasteiger partial charge is 0.173 e. The van der Waals surface area contributed by atoms with Crippen molar-refractivity contribution in [1.29, 1.82) is 0 Å². The van der Waals surface area contributed by atoms with Gasteiger partial charge >= 0.3 is 0 Å². The summed E-state index contributed by atoms with van der Waals surface area (Å²) in [6.07, 6.45) is 0. The summed E-state index contributed by atoms with van der Waals surface area (Å²) in [6, 6.07) is 2.39. The van der Waals surface area contributed by atoms with Crippen molar-refractivity contribution in [2.24, 2.45) is 5.73 Å². The van der Waals surface area contributed by atoms with E-state index in [1.807, 2.05) is 0 Å². The van der Waals surface area contributed by atoms with Gasteiger partial charge in [0.15, 0.2) is 11.6 Å². The van der Waals surface area contributed by atoms with Gasteiger partial charge in [0.2, 0.25) is 0 Å². The number of nitrogens with two attached hydrogens (primary N) is 1. The highest BCUT2D eigenvalue weighted by atomic mass is 35.5. The topological polar surface area (TPSA) is 69.6 Å². The van der Waals surface area contributed by atoms with E-state index in [2.05, 4.69) is 15.5 Å². The summed E-state index contributed by atoms with van der Waals surface area (Å²) in [7, 11) is 0. The molecule has 8 heteroatoms. The number of aromatic nitrogens is 4. The van der Waals surface area contributed by atoms with Crippen molar-refractivity contribution in [3.05, 3.63) is 33.8 Å². The molecular formula is C9H8Cl2FN5. The zero-order valence-electron chi connectivity index (χ0n) is 8.73. The summed E-state index contributed by atoms with van der Waals surface area (Å²) >= 11 is 11.4. The van der Waals surface area contributed by atoms with Crippen LogP contribution >= 0.6 is 23.2 Å². The maximum absolute atomic E-state index is 13.3. The Balaban J connectivity index is 2.57. The van der Waals surface area contributed by atoms with Crippen LogP contribution in [0.25, 0.3) is 5.69 Å². The number of hydrogen-bond donors (Lipinski definition) is 1. The van der Waals surface area contributed by atoms with Crippen molar-refractivity contribution in [1.82, 2.24) is 20.2 Å². The van der Waals surface area contributed by atoms with Gasteiger partial charge in [-0.2, -0.15) is 4.68 Å². The Kier molecular flexibility index (Phi) is 3.28. The molecular weight excluding hydrogens is 268 g/mol. The second-order valence-electron chi connectivity index (χ2n) is 3.46. The average Bonchev–Trinajstić information content (AvgIpc) is 2.74. The van der Waals surface area contributed by atoms with Gasteiger partial charge in [0.25, 0.3) is 0 Å². The first-order chi connectivity index (χ1) is 8.00. The van der Waals surface area contributed by atoms with E-state index in [0.29, 0.717) is 11.5 Å². The lowest BCUT2D eigenvalue weighted by Gasteiger charge is -2.08. The highest BCUT2D eigenvalue weighted by molar-refractivity contribution is 6.35. The van der Waals surface area contributed by atoms with Crippen LogP contribution in [0, 0.1) is 5.82 Å². The molecule has 0 saturated heterocycles. The Morgan fingerprint density at radius 3 is 2.47 bits per heavy atom. The molecule has 1 atom stereocenters. The molecule has 0 aliphatic carbocycles. The molecule has 0 saturated carbocycles. The molecule has 2 aromatic rings. The Morgan fingerprint density at radius 2 is 1.94 bits per heavy atom. The minimum absolute atomic E-state index is 0.0985. The fraction of sp³-hybridized carbons (Fsp3) is 0.222. The summed E-state index contributed by atoms with van der Waals surface area (Å²) in [6.45, 7) is 1.73. The summed E-state index contributed by atoms with van der Waals surface area (Å²) in [5.41, 5.74) is 6.16. The molecule has 1 heterocycles. The molecule has 1 aromatic carbocycles. The molecule has 90 valence electrons. The maximum Gasteiger partial charge on any atom is 0.173 e. The van der Waals surface area contributed by atoms with E-state index in [-0.39, 0.29) is 16.1 Å². The quantitative estimate of drug-likeness (QED) is 0.853. The average molecular weight is 276 g/mol. The van der Waals surface area contributed by atoms with Crippen LogP contribution in [0.3, 0.4) is 0 Å². The third kappa shape index (κ3) is 2.24. The summed E-state index contributed by atoms with van der Waals surface area (Å²) in [4.78, 5) is 0. The standard InChI is InChI=1S/C9H8Cl2FN5/c1-4(13)9-14-15-16-17(9)5-2-6(10)8(12)7(11)3-5/h2-4H,13H2,1H3. The number of halogens is 3. The number of tetrazole rings is 1. The van der Waals surface area contributed by atoms with Gasteiger partial charge < -0.3 is 5.73 Å². The lowest BCUT2D eigenvalue weighted by molar-refractivity contribution is 0.626. The van der Waals surface area contributed by atoms with Crippen LogP contribution in [0.2, 0.25) is 10.0 Å². The molecule has 2 N–H and O–H groups in total. The molecule has 2 rings (SSSR count). The fourth-order valence-corrected chi connectivity index (χ4v) is 1.80. The van der Waals surface area contributed by atoms with Crippen LogP contribution in [-0.4, -0.2) is 20.2 Å². The van der Waals surface area contributed by atoms with Crippen LogP contribution < -0.4 is 5.73 Å². The van der Waals surface area contributed by atoms with Crippen molar-refractivity contribution in [2.75, 3.05) is 0 Å². The van der Waals surface area contributed by atoms with Crippen LogP contribution in [-0.2, 0) is 0 Å².